The molecule has 0 aromatic carbocycles. The molecule has 2 saturated heterocycles. The van der Waals surface area contributed by atoms with Crippen LogP contribution in [0, 0.1) is 11.8 Å². The highest BCUT2D eigenvalue weighted by Gasteiger charge is 2.46. The summed E-state index contributed by atoms with van der Waals surface area (Å²) in [7, 11) is 0. The van der Waals surface area contributed by atoms with Gasteiger partial charge in [-0.15, -0.1) is 0 Å². The Bertz CT molecular complexity index is 379. The van der Waals surface area contributed by atoms with Crippen molar-refractivity contribution < 1.29 is 9.59 Å². The van der Waals surface area contributed by atoms with Gasteiger partial charge in [-0.05, 0) is 25.2 Å². The molecule has 5 heteroatoms. The van der Waals surface area contributed by atoms with E-state index in [0.717, 1.165) is 52.0 Å². The van der Waals surface area contributed by atoms with Gasteiger partial charge in [-0.25, -0.2) is 0 Å². The van der Waals surface area contributed by atoms with Crippen molar-refractivity contribution in [1.82, 2.24) is 15.1 Å². The summed E-state index contributed by atoms with van der Waals surface area (Å²) in [5.41, 5.74) is 0. The van der Waals surface area contributed by atoms with Gasteiger partial charge in [0.05, 0.1) is 0 Å². The molecule has 1 saturated carbocycles. The van der Waals surface area contributed by atoms with Crippen LogP contribution in [0.2, 0.25) is 0 Å². The number of carbonyl (C=O) groups is 2. The minimum Gasteiger partial charge on any atom is -0.338 e. The zero-order chi connectivity index (χ0) is 13.4. The quantitative estimate of drug-likeness (QED) is 0.768. The van der Waals surface area contributed by atoms with Crippen LogP contribution in [0.4, 0.5) is 0 Å². The monoisotopic (exact) mass is 265 g/mol. The third-order valence-corrected chi connectivity index (χ3v) is 4.68. The lowest BCUT2D eigenvalue weighted by Gasteiger charge is -2.33. The van der Waals surface area contributed by atoms with E-state index in [0.29, 0.717) is 5.92 Å². The fourth-order valence-corrected chi connectivity index (χ4v) is 3.26. The molecule has 1 N–H and O–H groups in total. The van der Waals surface area contributed by atoms with Crippen molar-refractivity contribution in [2.24, 2.45) is 11.8 Å². The lowest BCUT2D eigenvalue weighted by atomic mass is 10.1. The van der Waals surface area contributed by atoms with Crippen molar-refractivity contribution in [1.29, 1.82) is 0 Å². The maximum absolute atomic E-state index is 12.5. The minimum atomic E-state index is -0.182. The van der Waals surface area contributed by atoms with Crippen molar-refractivity contribution in [2.75, 3.05) is 32.7 Å². The topological polar surface area (TPSA) is 52.7 Å². The van der Waals surface area contributed by atoms with Crippen LogP contribution < -0.4 is 5.32 Å². The summed E-state index contributed by atoms with van der Waals surface area (Å²) >= 11 is 0. The Morgan fingerprint density at radius 1 is 1.11 bits per heavy atom. The van der Waals surface area contributed by atoms with E-state index < -0.39 is 0 Å². The number of nitrogens with zero attached hydrogens (tertiary/aromatic N) is 2. The van der Waals surface area contributed by atoms with Gasteiger partial charge in [0.25, 0.3) is 0 Å². The first-order valence-corrected chi connectivity index (χ1v) is 7.48. The normalized spacial score (nSPS) is 34.5. The predicted octanol–water partition coefficient (Wildman–Crippen LogP) is 0.0652. The Labute approximate surface area is 114 Å². The number of rotatable bonds is 2. The molecule has 3 unspecified atom stereocenters. The maximum atomic E-state index is 12.5. The second-order valence-corrected chi connectivity index (χ2v) is 6.08. The number of hydrogen-bond donors (Lipinski definition) is 1. The maximum Gasteiger partial charge on any atom is 0.245 e. The smallest absolute Gasteiger partial charge is 0.245 e. The summed E-state index contributed by atoms with van der Waals surface area (Å²) in [6, 6.07) is -0.182. The van der Waals surface area contributed by atoms with Gasteiger partial charge < -0.3 is 15.1 Å². The molecule has 0 bridgehead atoms. The molecule has 3 fully saturated rings. The molecule has 2 amide bonds. The van der Waals surface area contributed by atoms with Crippen LogP contribution in [0.25, 0.3) is 0 Å². The molecule has 1 aliphatic carbocycles. The number of carbonyl (C=O) groups excluding carboxylic acids is 2. The van der Waals surface area contributed by atoms with Gasteiger partial charge in [-0.3, -0.25) is 9.59 Å². The Morgan fingerprint density at radius 2 is 1.79 bits per heavy atom. The van der Waals surface area contributed by atoms with Crippen LogP contribution in [-0.2, 0) is 9.59 Å². The number of piperazine rings is 1. The number of nitrogens with one attached hydrogen (secondary N) is 1. The lowest BCUT2D eigenvalue weighted by Crippen LogP contribution is -2.53. The molecule has 0 aromatic rings. The van der Waals surface area contributed by atoms with Crippen LogP contribution in [0.1, 0.15) is 26.2 Å². The van der Waals surface area contributed by atoms with E-state index in [1.165, 1.54) is 0 Å². The summed E-state index contributed by atoms with van der Waals surface area (Å²) in [6.45, 7) is 6.17. The summed E-state index contributed by atoms with van der Waals surface area (Å²) in [5.74, 6) is 1.10. The molecule has 0 aromatic heterocycles. The van der Waals surface area contributed by atoms with E-state index in [2.05, 4.69) is 12.2 Å². The summed E-state index contributed by atoms with van der Waals surface area (Å²) in [4.78, 5) is 28.7. The molecular formula is C14H23N3O2. The van der Waals surface area contributed by atoms with Crippen LogP contribution in [0.3, 0.4) is 0 Å². The second kappa shape index (κ2) is 5.12. The van der Waals surface area contributed by atoms with E-state index in [9.17, 15) is 9.59 Å². The molecule has 2 heterocycles. The third-order valence-electron chi connectivity index (χ3n) is 4.68. The molecule has 2 aliphatic heterocycles. The van der Waals surface area contributed by atoms with Crippen LogP contribution in [0.15, 0.2) is 0 Å². The van der Waals surface area contributed by atoms with Crippen molar-refractivity contribution in [3.05, 3.63) is 0 Å². The zero-order valence-electron chi connectivity index (χ0n) is 11.6. The van der Waals surface area contributed by atoms with Gasteiger partial charge in [-0.1, -0.05) is 6.92 Å². The van der Waals surface area contributed by atoms with E-state index in [-0.39, 0.29) is 23.8 Å². The molecule has 3 rings (SSSR count). The van der Waals surface area contributed by atoms with Gasteiger partial charge in [0.15, 0.2) is 0 Å². The fourth-order valence-electron chi connectivity index (χ4n) is 3.26. The first-order chi connectivity index (χ1) is 9.18. The van der Waals surface area contributed by atoms with Gasteiger partial charge >= 0.3 is 0 Å². The largest absolute Gasteiger partial charge is 0.338 e. The van der Waals surface area contributed by atoms with Gasteiger partial charge in [-0.2, -0.15) is 0 Å². The van der Waals surface area contributed by atoms with Gasteiger partial charge in [0, 0.05) is 38.6 Å². The minimum absolute atomic E-state index is 0.167. The van der Waals surface area contributed by atoms with Crippen molar-refractivity contribution in [2.45, 2.75) is 32.2 Å². The van der Waals surface area contributed by atoms with E-state index in [4.69, 9.17) is 0 Å². The molecule has 106 valence electrons. The Balaban J connectivity index is 1.65. The Morgan fingerprint density at radius 3 is 2.42 bits per heavy atom. The van der Waals surface area contributed by atoms with Gasteiger partial charge in [0.2, 0.25) is 11.8 Å². The van der Waals surface area contributed by atoms with Crippen molar-refractivity contribution in [3.63, 3.8) is 0 Å². The SMILES string of the molecule is CC1CC1C(=O)N1CCCC1C(=O)N1CCNCC1. The standard InChI is InChI=1S/C14H23N3O2/c1-10-9-11(10)13(18)17-6-2-3-12(17)14(19)16-7-4-15-5-8-16/h10-12,15H,2-9H2,1H3. The zero-order valence-corrected chi connectivity index (χ0v) is 11.6. The Kier molecular flexibility index (Phi) is 3.48. The van der Waals surface area contributed by atoms with Crippen molar-refractivity contribution >= 4 is 11.8 Å². The number of amides is 2. The molecule has 5 nitrogen and oxygen atoms in total. The molecule has 0 spiro atoms. The first kappa shape index (κ1) is 12.9. The van der Waals surface area contributed by atoms with Crippen LogP contribution >= 0.6 is 0 Å². The lowest BCUT2D eigenvalue weighted by molar-refractivity contribution is -0.145. The van der Waals surface area contributed by atoms with Gasteiger partial charge in [0.1, 0.15) is 6.04 Å². The molecule has 3 aliphatic rings. The second-order valence-electron chi connectivity index (χ2n) is 6.08. The van der Waals surface area contributed by atoms with E-state index in [1.54, 1.807) is 0 Å². The summed E-state index contributed by atoms with van der Waals surface area (Å²) in [6.07, 6.45) is 2.81. The van der Waals surface area contributed by atoms with Crippen molar-refractivity contribution in [3.8, 4) is 0 Å². The molecular weight excluding hydrogens is 242 g/mol. The number of likely N-dealkylation sites (tertiary alicyclic amines) is 1. The number of hydrogen-bond acceptors (Lipinski definition) is 3. The Hall–Kier alpha value is -1.10. The molecule has 3 atom stereocenters. The average molecular weight is 265 g/mol. The van der Waals surface area contributed by atoms with E-state index in [1.807, 2.05) is 9.80 Å². The van der Waals surface area contributed by atoms with Crippen LogP contribution in [0.5, 0.6) is 0 Å². The highest BCUT2D eigenvalue weighted by Crippen LogP contribution is 2.40. The average Bonchev–Trinajstić information content (AvgIpc) is 2.98. The molecule has 0 radical (unpaired) electrons. The first-order valence-electron chi connectivity index (χ1n) is 7.48. The van der Waals surface area contributed by atoms with E-state index >= 15 is 0 Å². The summed E-state index contributed by atoms with van der Waals surface area (Å²) < 4.78 is 0. The highest BCUT2D eigenvalue weighted by atomic mass is 16.2. The fraction of sp³-hybridized carbons (Fsp3) is 0.857. The molecule has 19 heavy (non-hydrogen) atoms. The summed E-state index contributed by atoms with van der Waals surface area (Å²) in [5, 5.41) is 3.25. The van der Waals surface area contributed by atoms with Crippen LogP contribution in [-0.4, -0.2) is 60.4 Å². The predicted molar refractivity (Wildman–Crippen MR) is 71.5 cm³/mol. The highest BCUT2D eigenvalue weighted by molar-refractivity contribution is 5.90. The third kappa shape index (κ3) is 2.48.